The zero-order valence-electron chi connectivity index (χ0n) is 14.1. The summed E-state index contributed by atoms with van der Waals surface area (Å²) >= 11 is 0. The summed E-state index contributed by atoms with van der Waals surface area (Å²) in [5.41, 5.74) is 5.36. The van der Waals surface area contributed by atoms with Crippen LogP contribution in [0.25, 0.3) is 0 Å². The highest BCUT2D eigenvalue weighted by Gasteiger charge is 2.40. The minimum Gasteiger partial charge on any atom is -0.369 e. The summed E-state index contributed by atoms with van der Waals surface area (Å²) in [6.45, 7) is 8.52. The van der Waals surface area contributed by atoms with Gasteiger partial charge in [0.1, 0.15) is 0 Å². The van der Waals surface area contributed by atoms with E-state index in [4.69, 9.17) is 5.73 Å². The molecule has 1 rings (SSSR count). The first-order valence-corrected chi connectivity index (χ1v) is 8.34. The van der Waals surface area contributed by atoms with Gasteiger partial charge in [-0.3, -0.25) is 9.59 Å². The Balaban J connectivity index is 2.80. The second-order valence-corrected chi connectivity index (χ2v) is 7.47. The van der Waals surface area contributed by atoms with E-state index in [1.807, 2.05) is 27.7 Å². The molecule has 2 amide bonds. The summed E-state index contributed by atoms with van der Waals surface area (Å²) in [6, 6.07) is 0. The first-order valence-electron chi connectivity index (χ1n) is 8.34. The second-order valence-electron chi connectivity index (χ2n) is 7.47. The van der Waals surface area contributed by atoms with Gasteiger partial charge < -0.3 is 11.1 Å². The quantitative estimate of drug-likeness (QED) is 0.758. The van der Waals surface area contributed by atoms with Gasteiger partial charge in [-0.05, 0) is 31.1 Å². The van der Waals surface area contributed by atoms with Crippen molar-refractivity contribution in [3.8, 4) is 0 Å². The van der Waals surface area contributed by atoms with Crippen LogP contribution in [0.15, 0.2) is 0 Å². The average molecular weight is 296 g/mol. The maximum Gasteiger partial charge on any atom is 0.224 e. The van der Waals surface area contributed by atoms with E-state index < -0.39 is 0 Å². The lowest BCUT2D eigenvalue weighted by Gasteiger charge is -2.35. The third-order valence-corrected chi connectivity index (χ3v) is 4.69. The molecule has 0 aromatic heterocycles. The number of nitrogens with one attached hydrogen (secondary N) is 1. The van der Waals surface area contributed by atoms with Crippen LogP contribution in [0.3, 0.4) is 0 Å². The van der Waals surface area contributed by atoms with E-state index in [1.54, 1.807) is 0 Å². The fraction of sp³-hybridized carbons (Fsp3) is 0.882. The number of amides is 2. The molecule has 0 aromatic rings. The van der Waals surface area contributed by atoms with Crippen LogP contribution in [0, 0.1) is 23.2 Å². The Hall–Kier alpha value is -1.06. The van der Waals surface area contributed by atoms with Gasteiger partial charge in [0.05, 0.1) is 5.92 Å². The Kier molecular flexibility index (Phi) is 6.69. The van der Waals surface area contributed by atoms with Gasteiger partial charge >= 0.3 is 0 Å². The number of rotatable bonds is 7. The number of nitrogens with two attached hydrogens (primary N) is 1. The molecule has 1 fully saturated rings. The van der Waals surface area contributed by atoms with E-state index in [2.05, 4.69) is 5.32 Å². The van der Waals surface area contributed by atoms with Gasteiger partial charge in [0, 0.05) is 12.5 Å². The lowest BCUT2D eigenvalue weighted by atomic mass is 9.70. The van der Waals surface area contributed by atoms with E-state index in [-0.39, 0.29) is 29.1 Å². The molecule has 1 saturated carbocycles. The van der Waals surface area contributed by atoms with E-state index in [1.165, 1.54) is 25.7 Å². The molecular formula is C17H32N2O2. The fourth-order valence-electron chi connectivity index (χ4n) is 3.65. The van der Waals surface area contributed by atoms with Crippen molar-refractivity contribution in [1.82, 2.24) is 5.32 Å². The van der Waals surface area contributed by atoms with Crippen LogP contribution in [0.1, 0.15) is 66.2 Å². The van der Waals surface area contributed by atoms with Crippen molar-refractivity contribution < 1.29 is 9.59 Å². The van der Waals surface area contributed by atoms with Gasteiger partial charge in [-0.1, -0.05) is 46.5 Å². The Morgan fingerprint density at radius 2 is 1.81 bits per heavy atom. The zero-order chi connectivity index (χ0) is 16.0. The molecule has 0 saturated heterocycles. The molecular weight excluding hydrogens is 264 g/mol. The smallest absolute Gasteiger partial charge is 0.224 e. The summed E-state index contributed by atoms with van der Waals surface area (Å²) < 4.78 is 0. The monoisotopic (exact) mass is 296 g/mol. The molecule has 1 unspecified atom stereocenters. The Bertz CT molecular complexity index is 354. The van der Waals surface area contributed by atoms with Gasteiger partial charge in [-0.15, -0.1) is 0 Å². The largest absolute Gasteiger partial charge is 0.369 e. The van der Waals surface area contributed by atoms with Gasteiger partial charge in [0.15, 0.2) is 0 Å². The van der Waals surface area contributed by atoms with E-state index in [9.17, 15) is 9.59 Å². The Labute approximate surface area is 129 Å². The molecule has 0 aromatic carbocycles. The minimum absolute atomic E-state index is 0.0415. The van der Waals surface area contributed by atoms with Gasteiger partial charge in [-0.25, -0.2) is 0 Å². The van der Waals surface area contributed by atoms with Crippen LogP contribution in [0.5, 0.6) is 0 Å². The molecule has 3 N–H and O–H groups in total. The lowest BCUT2D eigenvalue weighted by molar-refractivity contribution is -0.138. The summed E-state index contributed by atoms with van der Waals surface area (Å²) in [7, 11) is 0. The van der Waals surface area contributed by atoms with Crippen molar-refractivity contribution in [2.24, 2.45) is 28.9 Å². The highest BCUT2D eigenvalue weighted by molar-refractivity contribution is 5.87. The molecule has 0 spiro atoms. The molecule has 0 radical (unpaired) electrons. The maximum absolute atomic E-state index is 12.4. The summed E-state index contributed by atoms with van der Waals surface area (Å²) in [4.78, 5) is 24.4. The third kappa shape index (κ3) is 5.33. The Morgan fingerprint density at radius 3 is 2.24 bits per heavy atom. The van der Waals surface area contributed by atoms with Crippen molar-refractivity contribution in [2.45, 2.75) is 66.2 Å². The zero-order valence-corrected chi connectivity index (χ0v) is 14.1. The molecule has 0 bridgehead atoms. The molecule has 0 heterocycles. The van der Waals surface area contributed by atoms with Gasteiger partial charge in [-0.2, -0.15) is 0 Å². The Morgan fingerprint density at radius 1 is 1.24 bits per heavy atom. The fourth-order valence-corrected chi connectivity index (χ4v) is 3.65. The standard InChI is InChI=1S/C17H32N2O2/c1-5-19-16(21)14(17(2,3)4)13(15(18)20)11-10-12-8-6-7-9-12/h12-14H,5-11H2,1-4H3,(H2,18,20)(H,19,21)/t13-,14?/m0/s1. The van der Waals surface area contributed by atoms with Crippen LogP contribution < -0.4 is 11.1 Å². The topological polar surface area (TPSA) is 72.2 Å². The molecule has 1 aliphatic carbocycles. The van der Waals surface area contributed by atoms with Gasteiger partial charge in [0.2, 0.25) is 11.8 Å². The summed E-state index contributed by atoms with van der Waals surface area (Å²) in [5.74, 6) is -0.380. The molecule has 122 valence electrons. The summed E-state index contributed by atoms with van der Waals surface area (Å²) in [5, 5.41) is 2.87. The SMILES string of the molecule is CCNC(=O)C([C@H](CCC1CCCC1)C(N)=O)C(C)(C)C. The molecule has 0 aliphatic heterocycles. The normalized spacial score (nSPS) is 19.2. The van der Waals surface area contributed by atoms with Crippen molar-refractivity contribution in [3.05, 3.63) is 0 Å². The van der Waals surface area contributed by atoms with E-state index >= 15 is 0 Å². The first kappa shape index (κ1) is 18.0. The number of hydrogen-bond donors (Lipinski definition) is 2. The maximum atomic E-state index is 12.4. The van der Waals surface area contributed by atoms with Crippen LogP contribution in [0.2, 0.25) is 0 Å². The van der Waals surface area contributed by atoms with Crippen molar-refractivity contribution in [1.29, 1.82) is 0 Å². The number of hydrogen-bond acceptors (Lipinski definition) is 2. The number of carbonyl (C=O) groups is 2. The molecule has 1 aliphatic rings. The highest BCUT2D eigenvalue weighted by atomic mass is 16.2. The van der Waals surface area contributed by atoms with Crippen molar-refractivity contribution >= 4 is 11.8 Å². The minimum atomic E-state index is -0.364. The molecule has 2 atom stereocenters. The van der Waals surface area contributed by atoms with Crippen molar-refractivity contribution in [3.63, 3.8) is 0 Å². The first-order chi connectivity index (χ1) is 9.77. The molecule has 4 nitrogen and oxygen atoms in total. The summed E-state index contributed by atoms with van der Waals surface area (Å²) in [6.07, 6.45) is 6.86. The average Bonchev–Trinajstić information content (AvgIpc) is 2.85. The highest BCUT2D eigenvalue weighted by Crippen LogP contribution is 2.37. The van der Waals surface area contributed by atoms with Gasteiger partial charge in [0.25, 0.3) is 0 Å². The number of carbonyl (C=O) groups excluding carboxylic acids is 2. The van der Waals surface area contributed by atoms with E-state index in [0.717, 1.165) is 12.8 Å². The lowest BCUT2D eigenvalue weighted by Crippen LogP contribution is -2.46. The van der Waals surface area contributed by atoms with Crippen LogP contribution in [0.4, 0.5) is 0 Å². The van der Waals surface area contributed by atoms with E-state index in [0.29, 0.717) is 12.5 Å². The molecule has 4 heteroatoms. The number of primary amides is 1. The van der Waals surface area contributed by atoms with Crippen LogP contribution >= 0.6 is 0 Å². The third-order valence-electron chi connectivity index (χ3n) is 4.69. The van der Waals surface area contributed by atoms with Crippen LogP contribution in [-0.2, 0) is 9.59 Å². The predicted molar refractivity (Wildman–Crippen MR) is 85.5 cm³/mol. The second kappa shape index (κ2) is 7.81. The van der Waals surface area contributed by atoms with Crippen molar-refractivity contribution in [2.75, 3.05) is 6.54 Å². The molecule has 21 heavy (non-hydrogen) atoms. The van der Waals surface area contributed by atoms with Crippen LogP contribution in [-0.4, -0.2) is 18.4 Å². The predicted octanol–water partition coefficient (Wildman–Crippen LogP) is 2.86.